The van der Waals surface area contributed by atoms with Crippen molar-refractivity contribution in [1.82, 2.24) is 0 Å². The van der Waals surface area contributed by atoms with E-state index >= 15 is 0 Å². The van der Waals surface area contributed by atoms with Gasteiger partial charge in [-0.2, -0.15) is 0 Å². The second-order valence-corrected chi connectivity index (χ2v) is 3.76. The fourth-order valence-corrected chi connectivity index (χ4v) is 2.20. The summed E-state index contributed by atoms with van der Waals surface area (Å²) in [5.74, 6) is -0.334. The maximum Gasteiger partial charge on any atom is 0.311 e. The molecule has 1 saturated carbocycles. The van der Waals surface area contributed by atoms with Crippen molar-refractivity contribution in [3.63, 3.8) is 0 Å². The molecule has 15 heavy (non-hydrogen) atoms. The van der Waals surface area contributed by atoms with Crippen molar-refractivity contribution in [2.45, 2.75) is 38.4 Å². The molecular weight excluding hydrogens is 196 g/mol. The SMILES string of the molecule is CCOC(=O)C1CCCC(OC)C1OC. The summed E-state index contributed by atoms with van der Waals surface area (Å²) in [5.41, 5.74) is 0. The zero-order valence-corrected chi connectivity index (χ0v) is 9.69. The molecule has 88 valence electrons. The molecule has 0 N–H and O–H groups in total. The van der Waals surface area contributed by atoms with Crippen molar-refractivity contribution >= 4 is 5.97 Å². The largest absolute Gasteiger partial charge is 0.466 e. The van der Waals surface area contributed by atoms with Gasteiger partial charge in [-0.15, -0.1) is 0 Å². The van der Waals surface area contributed by atoms with Crippen LogP contribution in [-0.2, 0) is 19.0 Å². The van der Waals surface area contributed by atoms with Crippen LogP contribution in [0.15, 0.2) is 0 Å². The predicted octanol–water partition coefficient (Wildman–Crippen LogP) is 1.38. The van der Waals surface area contributed by atoms with E-state index in [1.165, 1.54) is 0 Å². The molecule has 4 heteroatoms. The molecule has 1 rings (SSSR count). The minimum atomic E-state index is -0.173. The highest BCUT2D eigenvalue weighted by Crippen LogP contribution is 2.29. The second kappa shape index (κ2) is 6.08. The van der Waals surface area contributed by atoms with Gasteiger partial charge in [0.25, 0.3) is 0 Å². The highest BCUT2D eigenvalue weighted by atomic mass is 16.5. The Morgan fingerprint density at radius 3 is 2.53 bits per heavy atom. The average molecular weight is 216 g/mol. The topological polar surface area (TPSA) is 44.8 Å². The van der Waals surface area contributed by atoms with Gasteiger partial charge in [0.15, 0.2) is 0 Å². The summed E-state index contributed by atoms with van der Waals surface area (Å²) in [6.07, 6.45) is 2.62. The summed E-state index contributed by atoms with van der Waals surface area (Å²) in [6, 6.07) is 0. The van der Waals surface area contributed by atoms with Gasteiger partial charge in [-0.3, -0.25) is 4.79 Å². The third-order valence-corrected chi connectivity index (χ3v) is 2.93. The normalized spacial score (nSPS) is 31.3. The van der Waals surface area contributed by atoms with Crippen LogP contribution in [0.1, 0.15) is 26.2 Å². The van der Waals surface area contributed by atoms with Crippen LogP contribution in [0.4, 0.5) is 0 Å². The molecule has 3 unspecified atom stereocenters. The quantitative estimate of drug-likeness (QED) is 0.666. The number of methoxy groups -OCH3 is 2. The Kier molecular flexibility index (Phi) is 5.05. The zero-order chi connectivity index (χ0) is 11.3. The summed E-state index contributed by atoms with van der Waals surface area (Å²) in [4.78, 5) is 11.7. The van der Waals surface area contributed by atoms with E-state index in [0.29, 0.717) is 6.61 Å². The van der Waals surface area contributed by atoms with Gasteiger partial charge in [-0.25, -0.2) is 0 Å². The summed E-state index contributed by atoms with van der Waals surface area (Å²) >= 11 is 0. The second-order valence-electron chi connectivity index (χ2n) is 3.76. The Bertz CT molecular complexity index is 205. The van der Waals surface area contributed by atoms with Crippen molar-refractivity contribution in [2.75, 3.05) is 20.8 Å². The Balaban J connectivity index is 2.64. The molecule has 0 aromatic rings. The van der Waals surface area contributed by atoms with E-state index < -0.39 is 0 Å². The number of carbonyl (C=O) groups excluding carboxylic acids is 1. The van der Waals surface area contributed by atoms with Gasteiger partial charge in [-0.05, 0) is 26.2 Å². The Morgan fingerprint density at radius 2 is 2.00 bits per heavy atom. The molecule has 0 aromatic carbocycles. The third kappa shape index (κ3) is 2.92. The summed E-state index contributed by atoms with van der Waals surface area (Å²) < 4.78 is 15.7. The first-order valence-electron chi connectivity index (χ1n) is 5.46. The molecular formula is C11H20O4. The first-order chi connectivity index (χ1) is 7.24. The lowest BCUT2D eigenvalue weighted by Crippen LogP contribution is -2.44. The Labute approximate surface area is 90.9 Å². The van der Waals surface area contributed by atoms with E-state index in [0.717, 1.165) is 19.3 Å². The molecule has 0 saturated heterocycles. The standard InChI is InChI=1S/C11H20O4/c1-4-15-11(12)8-6-5-7-9(13-2)10(8)14-3/h8-10H,4-7H2,1-3H3. The van der Waals surface area contributed by atoms with Crippen LogP contribution >= 0.6 is 0 Å². The number of esters is 1. The Morgan fingerprint density at radius 1 is 1.27 bits per heavy atom. The molecule has 1 aliphatic carbocycles. The van der Waals surface area contributed by atoms with E-state index in [1.807, 2.05) is 6.92 Å². The predicted molar refractivity (Wildman–Crippen MR) is 55.6 cm³/mol. The molecule has 3 atom stereocenters. The van der Waals surface area contributed by atoms with E-state index in [4.69, 9.17) is 14.2 Å². The van der Waals surface area contributed by atoms with E-state index in [9.17, 15) is 4.79 Å². The zero-order valence-electron chi connectivity index (χ0n) is 9.69. The van der Waals surface area contributed by atoms with E-state index in [1.54, 1.807) is 14.2 Å². The number of hydrogen-bond acceptors (Lipinski definition) is 4. The molecule has 0 heterocycles. The van der Waals surface area contributed by atoms with Crippen molar-refractivity contribution in [2.24, 2.45) is 5.92 Å². The highest BCUT2D eigenvalue weighted by Gasteiger charge is 2.38. The van der Waals surface area contributed by atoms with Gasteiger partial charge >= 0.3 is 5.97 Å². The van der Waals surface area contributed by atoms with Crippen molar-refractivity contribution in [3.05, 3.63) is 0 Å². The number of hydrogen-bond donors (Lipinski definition) is 0. The lowest BCUT2D eigenvalue weighted by atomic mass is 9.84. The third-order valence-electron chi connectivity index (χ3n) is 2.93. The van der Waals surface area contributed by atoms with Gasteiger partial charge in [0.05, 0.1) is 24.7 Å². The lowest BCUT2D eigenvalue weighted by Gasteiger charge is -2.34. The average Bonchev–Trinajstić information content (AvgIpc) is 2.28. The van der Waals surface area contributed by atoms with Crippen molar-refractivity contribution in [3.8, 4) is 0 Å². The molecule has 0 aromatic heterocycles. The van der Waals surface area contributed by atoms with Crippen LogP contribution in [-0.4, -0.2) is 39.0 Å². The first-order valence-corrected chi connectivity index (χ1v) is 5.46. The van der Waals surface area contributed by atoms with Crippen LogP contribution in [0, 0.1) is 5.92 Å². The summed E-state index contributed by atoms with van der Waals surface area (Å²) in [6.45, 7) is 2.24. The van der Waals surface area contributed by atoms with E-state index in [2.05, 4.69) is 0 Å². The highest BCUT2D eigenvalue weighted by molar-refractivity contribution is 5.73. The maximum atomic E-state index is 11.7. The minimum absolute atomic E-state index is 0.0122. The molecule has 0 aliphatic heterocycles. The van der Waals surface area contributed by atoms with Crippen LogP contribution in [0.25, 0.3) is 0 Å². The molecule has 1 fully saturated rings. The number of ether oxygens (including phenoxy) is 3. The Hall–Kier alpha value is -0.610. The molecule has 0 spiro atoms. The van der Waals surface area contributed by atoms with Crippen LogP contribution in [0.5, 0.6) is 0 Å². The van der Waals surface area contributed by atoms with Crippen molar-refractivity contribution < 1.29 is 19.0 Å². The molecule has 0 bridgehead atoms. The van der Waals surface area contributed by atoms with Gasteiger partial charge < -0.3 is 14.2 Å². The fourth-order valence-electron chi connectivity index (χ4n) is 2.20. The smallest absolute Gasteiger partial charge is 0.311 e. The van der Waals surface area contributed by atoms with Crippen LogP contribution in [0.3, 0.4) is 0 Å². The summed E-state index contributed by atoms with van der Waals surface area (Å²) in [7, 11) is 3.28. The van der Waals surface area contributed by atoms with Crippen LogP contribution in [0.2, 0.25) is 0 Å². The minimum Gasteiger partial charge on any atom is -0.466 e. The van der Waals surface area contributed by atoms with E-state index in [-0.39, 0.29) is 24.1 Å². The van der Waals surface area contributed by atoms with Gasteiger partial charge in [-0.1, -0.05) is 0 Å². The number of carbonyl (C=O) groups is 1. The first kappa shape index (κ1) is 12.5. The van der Waals surface area contributed by atoms with Crippen LogP contribution < -0.4 is 0 Å². The molecule has 0 radical (unpaired) electrons. The molecule has 0 amide bonds. The number of rotatable bonds is 4. The monoisotopic (exact) mass is 216 g/mol. The van der Waals surface area contributed by atoms with Gasteiger partial charge in [0.1, 0.15) is 0 Å². The molecule has 4 nitrogen and oxygen atoms in total. The van der Waals surface area contributed by atoms with Gasteiger partial charge in [0, 0.05) is 14.2 Å². The van der Waals surface area contributed by atoms with Gasteiger partial charge in [0.2, 0.25) is 0 Å². The van der Waals surface area contributed by atoms with Crippen molar-refractivity contribution in [1.29, 1.82) is 0 Å². The molecule has 1 aliphatic rings. The lowest BCUT2D eigenvalue weighted by molar-refractivity contribution is -0.162. The summed E-state index contributed by atoms with van der Waals surface area (Å²) in [5, 5.41) is 0. The maximum absolute atomic E-state index is 11.7. The fraction of sp³-hybridized carbons (Fsp3) is 0.909.